The van der Waals surface area contributed by atoms with Gasteiger partial charge in [0.25, 0.3) is 0 Å². The molecule has 0 aliphatic rings. The Kier molecular flexibility index (Phi) is 3.64. The number of amides is 1. The Hall–Kier alpha value is -1.43. The molecule has 16 heavy (non-hydrogen) atoms. The van der Waals surface area contributed by atoms with Gasteiger partial charge in [0.1, 0.15) is 12.4 Å². The number of hydrogen-bond acceptors (Lipinski definition) is 4. The summed E-state index contributed by atoms with van der Waals surface area (Å²) in [6.45, 7) is 7.86. The third kappa shape index (κ3) is 3.30. The zero-order valence-corrected chi connectivity index (χ0v) is 10.2. The van der Waals surface area contributed by atoms with Gasteiger partial charge in [-0.1, -0.05) is 0 Å². The lowest BCUT2D eigenvalue weighted by molar-refractivity contribution is -0.125. The molecule has 1 aromatic heterocycles. The van der Waals surface area contributed by atoms with Crippen LogP contribution in [0, 0.1) is 0 Å². The highest BCUT2D eigenvalue weighted by atomic mass is 16.2. The molecule has 6 heteroatoms. The number of nitrogens with two attached hydrogens (primary N) is 1. The van der Waals surface area contributed by atoms with Crippen molar-refractivity contribution in [2.45, 2.75) is 45.8 Å². The maximum absolute atomic E-state index is 11.8. The van der Waals surface area contributed by atoms with Gasteiger partial charge in [-0.25, -0.2) is 9.67 Å². The molecule has 1 rings (SSSR count). The van der Waals surface area contributed by atoms with Crippen LogP contribution in [0.15, 0.2) is 6.33 Å². The predicted octanol–water partition coefficient (Wildman–Crippen LogP) is 0.213. The van der Waals surface area contributed by atoms with Crippen LogP contribution in [0.4, 0.5) is 0 Å². The lowest BCUT2D eigenvalue weighted by Crippen LogP contribution is -2.43. The number of rotatable bonds is 3. The molecular weight excluding hydrogens is 206 g/mol. The Morgan fingerprint density at radius 3 is 2.69 bits per heavy atom. The monoisotopic (exact) mass is 225 g/mol. The van der Waals surface area contributed by atoms with Crippen molar-refractivity contribution in [3.05, 3.63) is 12.2 Å². The highest BCUT2D eigenvalue weighted by Gasteiger charge is 2.21. The van der Waals surface area contributed by atoms with Crippen LogP contribution in [0.3, 0.4) is 0 Å². The molecule has 1 aromatic rings. The molecule has 3 N–H and O–H groups in total. The van der Waals surface area contributed by atoms with Crippen LogP contribution in [0.2, 0.25) is 0 Å². The molecular formula is C10H19N5O. The SMILES string of the molecule is CC(C(=O)NC(C)(C)C)n1cnc(CN)n1. The predicted molar refractivity (Wildman–Crippen MR) is 60.5 cm³/mol. The van der Waals surface area contributed by atoms with Crippen LogP contribution in [0.5, 0.6) is 0 Å². The van der Waals surface area contributed by atoms with Crippen molar-refractivity contribution < 1.29 is 4.79 Å². The summed E-state index contributed by atoms with van der Waals surface area (Å²) in [6, 6.07) is -0.382. The van der Waals surface area contributed by atoms with E-state index < -0.39 is 0 Å². The van der Waals surface area contributed by atoms with Crippen molar-refractivity contribution in [1.29, 1.82) is 0 Å². The van der Waals surface area contributed by atoms with Crippen molar-refractivity contribution in [3.63, 3.8) is 0 Å². The largest absolute Gasteiger partial charge is 0.350 e. The molecule has 0 aliphatic carbocycles. The van der Waals surface area contributed by atoms with Gasteiger partial charge < -0.3 is 11.1 Å². The zero-order chi connectivity index (χ0) is 12.3. The molecule has 1 atom stereocenters. The highest BCUT2D eigenvalue weighted by molar-refractivity contribution is 5.80. The fraction of sp³-hybridized carbons (Fsp3) is 0.700. The van der Waals surface area contributed by atoms with Gasteiger partial charge in [0, 0.05) is 5.54 Å². The quantitative estimate of drug-likeness (QED) is 0.770. The van der Waals surface area contributed by atoms with Crippen LogP contribution in [0.25, 0.3) is 0 Å². The number of aromatic nitrogens is 3. The molecule has 1 heterocycles. The summed E-state index contributed by atoms with van der Waals surface area (Å²) in [5.41, 5.74) is 5.15. The smallest absolute Gasteiger partial charge is 0.245 e. The first-order valence-electron chi connectivity index (χ1n) is 5.25. The van der Waals surface area contributed by atoms with E-state index in [1.165, 1.54) is 11.0 Å². The number of carbonyl (C=O) groups is 1. The molecule has 0 saturated heterocycles. The summed E-state index contributed by atoms with van der Waals surface area (Å²) in [4.78, 5) is 15.8. The molecule has 0 bridgehead atoms. The van der Waals surface area contributed by atoms with Crippen LogP contribution in [0.1, 0.15) is 39.6 Å². The zero-order valence-electron chi connectivity index (χ0n) is 10.2. The molecule has 1 unspecified atom stereocenters. The summed E-state index contributed by atoms with van der Waals surface area (Å²) >= 11 is 0. The maximum atomic E-state index is 11.8. The van der Waals surface area contributed by atoms with Gasteiger partial charge >= 0.3 is 0 Å². The molecule has 1 amide bonds. The van der Waals surface area contributed by atoms with Crippen LogP contribution < -0.4 is 11.1 Å². The highest BCUT2D eigenvalue weighted by Crippen LogP contribution is 2.07. The topological polar surface area (TPSA) is 85.8 Å². The minimum atomic E-state index is -0.382. The van der Waals surface area contributed by atoms with E-state index in [9.17, 15) is 4.79 Å². The summed E-state index contributed by atoms with van der Waals surface area (Å²) in [7, 11) is 0. The van der Waals surface area contributed by atoms with Crippen molar-refractivity contribution in [1.82, 2.24) is 20.1 Å². The Morgan fingerprint density at radius 2 is 2.25 bits per heavy atom. The second-order valence-corrected chi connectivity index (χ2v) is 4.76. The van der Waals surface area contributed by atoms with E-state index in [-0.39, 0.29) is 24.0 Å². The average Bonchev–Trinajstić information content (AvgIpc) is 2.61. The molecule has 0 radical (unpaired) electrons. The van der Waals surface area contributed by atoms with E-state index in [1.54, 1.807) is 6.92 Å². The van der Waals surface area contributed by atoms with E-state index in [0.717, 1.165) is 0 Å². The maximum Gasteiger partial charge on any atom is 0.245 e. The van der Waals surface area contributed by atoms with Gasteiger partial charge in [-0.2, -0.15) is 5.10 Å². The minimum Gasteiger partial charge on any atom is -0.350 e. The normalized spacial score (nSPS) is 13.6. The van der Waals surface area contributed by atoms with Crippen molar-refractivity contribution in [2.75, 3.05) is 0 Å². The summed E-state index contributed by atoms with van der Waals surface area (Å²) in [5.74, 6) is 0.455. The van der Waals surface area contributed by atoms with Crippen LogP contribution in [-0.2, 0) is 11.3 Å². The standard InChI is InChI=1S/C10H19N5O/c1-7(9(16)13-10(2,3)4)15-6-12-8(5-11)14-15/h6-7H,5,11H2,1-4H3,(H,13,16). The van der Waals surface area contributed by atoms with Crippen molar-refractivity contribution in [3.8, 4) is 0 Å². The Balaban J connectivity index is 2.70. The molecule has 0 aromatic carbocycles. The molecule has 0 fully saturated rings. The number of nitrogens with zero attached hydrogens (tertiary/aromatic N) is 3. The van der Waals surface area contributed by atoms with Crippen molar-refractivity contribution >= 4 is 5.91 Å². The Bertz CT molecular complexity index is 366. The van der Waals surface area contributed by atoms with Gasteiger partial charge in [-0.15, -0.1) is 0 Å². The third-order valence-corrected chi connectivity index (χ3v) is 2.01. The molecule has 0 saturated carbocycles. The first-order valence-corrected chi connectivity index (χ1v) is 5.25. The fourth-order valence-corrected chi connectivity index (χ4v) is 1.19. The number of hydrogen-bond donors (Lipinski definition) is 2. The Morgan fingerprint density at radius 1 is 1.62 bits per heavy atom. The van der Waals surface area contributed by atoms with Gasteiger partial charge in [0.2, 0.25) is 5.91 Å². The second kappa shape index (κ2) is 4.61. The first kappa shape index (κ1) is 12.6. The van der Waals surface area contributed by atoms with Gasteiger partial charge in [0.15, 0.2) is 5.82 Å². The van der Waals surface area contributed by atoms with E-state index in [1.807, 2.05) is 20.8 Å². The summed E-state index contributed by atoms with van der Waals surface area (Å²) < 4.78 is 1.52. The van der Waals surface area contributed by atoms with Gasteiger partial charge in [0.05, 0.1) is 6.54 Å². The molecule has 0 spiro atoms. The summed E-state index contributed by atoms with van der Waals surface area (Å²) in [5, 5.41) is 6.99. The summed E-state index contributed by atoms with van der Waals surface area (Å²) in [6.07, 6.45) is 1.52. The molecule has 6 nitrogen and oxygen atoms in total. The van der Waals surface area contributed by atoms with Crippen LogP contribution >= 0.6 is 0 Å². The van der Waals surface area contributed by atoms with E-state index >= 15 is 0 Å². The molecule has 90 valence electrons. The van der Waals surface area contributed by atoms with Crippen molar-refractivity contribution in [2.24, 2.45) is 5.73 Å². The Labute approximate surface area is 95.2 Å². The number of nitrogens with one attached hydrogen (secondary N) is 1. The number of carbonyl (C=O) groups excluding carboxylic acids is 1. The molecule has 0 aliphatic heterocycles. The van der Waals surface area contributed by atoms with E-state index in [2.05, 4.69) is 15.4 Å². The van der Waals surface area contributed by atoms with Crippen LogP contribution in [-0.4, -0.2) is 26.2 Å². The lowest BCUT2D eigenvalue weighted by atomic mass is 10.1. The minimum absolute atomic E-state index is 0.0824. The van der Waals surface area contributed by atoms with E-state index in [4.69, 9.17) is 5.73 Å². The van der Waals surface area contributed by atoms with E-state index in [0.29, 0.717) is 5.82 Å². The lowest BCUT2D eigenvalue weighted by Gasteiger charge is -2.23. The average molecular weight is 225 g/mol. The second-order valence-electron chi connectivity index (χ2n) is 4.76. The fourth-order valence-electron chi connectivity index (χ4n) is 1.19. The third-order valence-electron chi connectivity index (χ3n) is 2.01. The van der Waals surface area contributed by atoms with Gasteiger partial charge in [-0.3, -0.25) is 4.79 Å². The van der Waals surface area contributed by atoms with Gasteiger partial charge in [-0.05, 0) is 27.7 Å². The first-order chi connectivity index (χ1) is 7.33.